The molecule has 0 radical (unpaired) electrons. The van der Waals surface area contributed by atoms with Crippen LogP contribution in [0.5, 0.6) is 5.75 Å². The van der Waals surface area contributed by atoms with Gasteiger partial charge in [0.1, 0.15) is 18.1 Å². The number of non-ortho nitro benzene ring substituents is 1. The average Bonchev–Trinajstić information content (AvgIpc) is 3.07. The van der Waals surface area contributed by atoms with E-state index in [1.807, 2.05) is 19.2 Å². The third kappa shape index (κ3) is 4.69. The van der Waals surface area contributed by atoms with Crippen LogP contribution in [-0.4, -0.2) is 19.9 Å². The minimum absolute atomic E-state index is 0.0746. The number of rotatable bonds is 7. The summed E-state index contributed by atoms with van der Waals surface area (Å²) in [4.78, 5) is 10.3. The zero-order valence-electron chi connectivity index (χ0n) is 15.6. The molecule has 0 amide bonds. The van der Waals surface area contributed by atoms with Gasteiger partial charge in [0.2, 0.25) is 0 Å². The maximum absolute atomic E-state index is 10.7. The number of aryl methyl sites for hydroxylation is 1. The first-order valence-corrected chi connectivity index (χ1v) is 8.78. The van der Waals surface area contributed by atoms with Crippen LogP contribution >= 0.6 is 0 Å². The Morgan fingerprint density at radius 1 is 1.19 bits per heavy atom. The van der Waals surface area contributed by atoms with Crippen LogP contribution in [0.15, 0.2) is 48.7 Å². The van der Waals surface area contributed by atoms with Crippen molar-refractivity contribution >= 4 is 5.69 Å². The second kappa shape index (κ2) is 7.99. The summed E-state index contributed by atoms with van der Waals surface area (Å²) >= 11 is 0. The quantitative estimate of drug-likeness (QED) is 0.461. The topological polar surface area (TPSA) is 83.1 Å². The van der Waals surface area contributed by atoms with Gasteiger partial charge in [0.25, 0.3) is 5.69 Å². The van der Waals surface area contributed by atoms with Gasteiger partial charge in [0.15, 0.2) is 0 Å². The van der Waals surface area contributed by atoms with Crippen molar-refractivity contribution in [1.29, 1.82) is 0 Å². The van der Waals surface area contributed by atoms with E-state index in [1.54, 1.807) is 16.8 Å². The minimum Gasteiger partial charge on any atom is -0.487 e. The maximum Gasteiger partial charge on any atom is 0.269 e. The summed E-state index contributed by atoms with van der Waals surface area (Å²) in [6.07, 6.45) is 1.83. The van der Waals surface area contributed by atoms with Crippen molar-refractivity contribution in [2.75, 3.05) is 0 Å². The molecule has 3 rings (SSSR count). The van der Waals surface area contributed by atoms with Crippen molar-refractivity contribution < 1.29 is 9.66 Å². The summed E-state index contributed by atoms with van der Waals surface area (Å²) in [7, 11) is 0. The summed E-state index contributed by atoms with van der Waals surface area (Å²) < 4.78 is 7.67. The van der Waals surface area contributed by atoms with E-state index in [9.17, 15) is 10.1 Å². The molecule has 0 N–H and O–H groups in total. The van der Waals surface area contributed by atoms with E-state index in [-0.39, 0.29) is 5.69 Å². The van der Waals surface area contributed by atoms with Gasteiger partial charge in [-0.25, -0.2) is 4.68 Å². The van der Waals surface area contributed by atoms with Crippen LogP contribution < -0.4 is 4.74 Å². The highest BCUT2D eigenvalue weighted by molar-refractivity contribution is 5.39. The fraction of sp³-hybridized carbons (Fsp3) is 0.300. The summed E-state index contributed by atoms with van der Waals surface area (Å²) in [6.45, 7) is 7.14. The van der Waals surface area contributed by atoms with Crippen LogP contribution in [0.1, 0.15) is 42.1 Å². The van der Waals surface area contributed by atoms with E-state index >= 15 is 0 Å². The lowest BCUT2D eigenvalue weighted by Crippen LogP contribution is -2.01. The molecule has 1 heterocycles. The fourth-order valence-electron chi connectivity index (χ4n) is 2.79. The predicted molar refractivity (Wildman–Crippen MR) is 102 cm³/mol. The van der Waals surface area contributed by atoms with Gasteiger partial charge >= 0.3 is 0 Å². The van der Waals surface area contributed by atoms with Gasteiger partial charge in [-0.05, 0) is 35.6 Å². The third-order valence-corrected chi connectivity index (χ3v) is 4.24. The molecule has 0 unspecified atom stereocenters. The highest BCUT2D eigenvalue weighted by Crippen LogP contribution is 2.28. The van der Waals surface area contributed by atoms with Crippen molar-refractivity contribution in [1.82, 2.24) is 15.0 Å². The molecule has 0 aliphatic carbocycles. The van der Waals surface area contributed by atoms with Crippen molar-refractivity contribution in [3.05, 3.63) is 81.2 Å². The van der Waals surface area contributed by atoms with E-state index in [0.29, 0.717) is 19.1 Å². The summed E-state index contributed by atoms with van der Waals surface area (Å²) in [6, 6.07) is 12.6. The number of nitrogens with zero attached hydrogens (tertiary/aromatic N) is 4. The molecule has 2 aromatic carbocycles. The molecule has 140 valence electrons. The molecule has 0 saturated carbocycles. The van der Waals surface area contributed by atoms with Crippen LogP contribution in [0, 0.1) is 17.0 Å². The lowest BCUT2D eigenvalue weighted by molar-refractivity contribution is -0.384. The first-order valence-electron chi connectivity index (χ1n) is 8.78. The van der Waals surface area contributed by atoms with Gasteiger partial charge < -0.3 is 4.74 Å². The number of nitro benzene ring substituents is 1. The van der Waals surface area contributed by atoms with Crippen LogP contribution in [0.3, 0.4) is 0 Å². The molecule has 0 fully saturated rings. The Morgan fingerprint density at radius 3 is 2.59 bits per heavy atom. The Labute approximate surface area is 157 Å². The Bertz CT molecular complexity index is 933. The first-order chi connectivity index (χ1) is 12.9. The monoisotopic (exact) mass is 366 g/mol. The summed E-state index contributed by atoms with van der Waals surface area (Å²) in [5, 5.41) is 19.0. The lowest BCUT2D eigenvalue weighted by atomic mass is 10.0. The molecular weight excluding hydrogens is 344 g/mol. The molecule has 0 atom stereocenters. The molecule has 7 heteroatoms. The zero-order valence-corrected chi connectivity index (χ0v) is 15.6. The van der Waals surface area contributed by atoms with Crippen LogP contribution in [-0.2, 0) is 13.2 Å². The Kier molecular flexibility index (Phi) is 5.49. The van der Waals surface area contributed by atoms with Gasteiger partial charge in [0, 0.05) is 12.1 Å². The smallest absolute Gasteiger partial charge is 0.269 e. The number of benzene rings is 2. The molecule has 0 aliphatic heterocycles. The third-order valence-electron chi connectivity index (χ3n) is 4.24. The number of hydrogen-bond acceptors (Lipinski definition) is 5. The summed E-state index contributed by atoms with van der Waals surface area (Å²) in [5.74, 6) is 1.24. The molecule has 3 aromatic rings. The second-order valence-electron chi connectivity index (χ2n) is 6.82. The van der Waals surface area contributed by atoms with E-state index in [2.05, 4.69) is 36.3 Å². The fourth-order valence-corrected chi connectivity index (χ4v) is 2.79. The molecule has 0 spiro atoms. The first kappa shape index (κ1) is 18.6. The van der Waals surface area contributed by atoms with Crippen molar-refractivity contribution in [2.24, 2.45) is 0 Å². The highest BCUT2D eigenvalue weighted by Gasteiger charge is 2.10. The number of hydrogen-bond donors (Lipinski definition) is 0. The normalized spacial score (nSPS) is 11.0. The van der Waals surface area contributed by atoms with Crippen LogP contribution in [0.25, 0.3) is 0 Å². The molecule has 7 nitrogen and oxygen atoms in total. The van der Waals surface area contributed by atoms with Gasteiger partial charge in [-0.3, -0.25) is 10.1 Å². The molecule has 1 aromatic heterocycles. The van der Waals surface area contributed by atoms with E-state index in [0.717, 1.165) is 22.6 Å². The molecule has 0 saturated heterocycles. The van der Waals surface area contributed by atoms with Gasteiger partial charge in [-0.1, -0.05) is 43.3 Å². The number of nitro groups is 1. The largest absolute Gasteiger partial charge is 0.487 e. The standard InChI is InChI=1S/C20H22N4O3/c1-14(2)19-9-4-15(3)10-20(19)27-13-17-12-23(22-21-17)11-16-5-7-18(8-6-16)24(25)26/h4-10,12,14H,11,13H2,1-3H3. The highest BCUT2D eigenvalue weighted by atomic mass is 16.6. The van der Waals surface area contributed by atoms with Crippen molar-refractivity contribution in [3.63, 3.8) is 0 Å². The van der Waals surface area contributed by atoms with E-state index < -0.39 is 4.92 Å². The van der Waals surface area contributed by atoms with E-state index in [4.69, 9.17) is 4.74 Å². The lowest BCUT2D eigenvalue weighted by Gasteiger charge is -2.14. The Balaban J connectivity index is 1.65. The second-order valence-corrected chi connectivity index (χ2v) is 6.82. The van der Waals surface area contributed by atoms with Crippen LogP contribution in [0.2, 0.25) is 0 Å². The van der Waals surface area contributed by atoms with Crippen molar-refractivity contribution in [3.8, 4) is 5.75 Å². The molecule has 27 heavy (non-hydrogen) atoms. The molecule has 0 bridgehead atoms. The van der Waals surface area contributed by atoms with Gasteiger partial charge in [-0.15, -0.1) is 5.10 Å². The molecular formula is C20H22N4O3. The number of ether oxygens (including phenoxy) is 1. The van der Waals surface area contributed by atoms with Crippen LogP contribution in [0.4, 0.5) is 5.69 Å². The van der Waals surface area contributed by atoms with Crippen molar-refractivity contribution in [2.45, 2.75) is 39.8 Å². The summed E-state index contributed by atoms with van der Waals surface area (Å²) in [5.41, 5.74) is 4.03. The number of aromatic nitrogens is 3. The molecule has 0 aliphatic rings. The average molecular weight is 366 g/mol. The zero-order chi connectivity index (χ0) is 19.4. The minimum atomic E-state index is -0.411. The van der Waals surface area contributed by atoms with Gasteiger partial charge in [0.05, 0.1) is 17.7 Å². The predicted octanol–water partition coefficient (Wildman–Crippen LogP) is 4.25. The Morgan fingerprint density at radius 2 is 1.93 bits per heavy atom. The Hall–Kier alpha value is -3.22. The van der Waals surface area contributed by atoms with E-state index in [1.165, 1.54) is 17.7 Å². The SMILES string of the molecule is Cc1ccc(C(C)C)c(OCc2cn(Cc3ccc([N+](=O)[O-])cc3)nn2)c1. The maximum atomic E-state index is 10.7. The van der Waals surface area contributed by atoms with Gasteiger partial charge in [-0.2, -0.15) is 0 Å².